The van der Waals surface area contributed by atoms with Gasteiger partial charge in [-0.15, -0.1) is 11.3 Å². The predicted molar refractivity (Wildman–Crippen MR) is 304 cm³/mol. The van der Waals surface area contributed by atoms with E-state index in [1.165, 1.54) is 21.2 Å². The van der Waals surface area contributed by atoms with Crippen molar-refractivity contribution in [3.05, 3.63) is 58.2 Å². The molecule has 4 aliphatic rings. The number of rotatable bonds is 8. The van der Waals surface area contributed by atoms with Crippen molar-refractivity contribution in [2.24, 2.45) is 16.7 Å². The van der Waals surface area contributed by atoms with E-state index in [9.17, 15) is 24.0 Å². The van der Waals surface area contributed by atoms with Crippen LogP contribution in [0, 0.1) is 16.7 Å². The summed E-state index contributed by atoms with van der Waals surface area (Å²) in [4.78, 5) is 85.0. The van der Waals surface area contributed by atoms with Crippen LogP contribution in [0.3, 0.4) is 0 Å². The van der Waals surface area contributed by atoms with Crippen molar-refractivity contribution in [2.75, 3.05) is 54.0 Å². The molecule has 2 N–H and O–H groups in total. The van der Waals surface area contributed by atoms with Gasteiger partial charge in [-0.25, -0.2) is 15.2 Å². The third-order valence-corrected chi connectivity index (χ3v) is 15.0. The van der Waals surface area contributed by atoms with Crippen molar-refractivity contribution in [3.63, 3.8) is 0 Å². The lowest BCUT2D eigenvalue weighted by Crippen LogP contribution is -2.62. The number of cyclic esters (lactones) is 1. The summed E-state index contributed by atoms with van der Waals surface area (Å²) < 4.78 is 14.2. The normalized spacial score (nSPS) is 21.7. The van der Waals surface area contributed by atoms with Crippen LogP contribution in [0.5, 0.6) is 0 Å². The second-order valence-electron chi connectivity index (χ2n) is 19.8. The first-order chi connectivity index (χ1) is 31.5. The van der Waals surface area contributed by atoms with Gasteiger partial charge in [0.2, 0.25) is 11.8 Å². The number of hydrogen-bond donors (Lipinski definition) is 2. The molecular weight excluding hydrogens is 1020 g/mol. The number of likely N-dealkylation sites (tertiary alicyclic amines) is 2. The number of hydrogen-bond acceptors (Lipinski definition) is 11. The van der Waals surface area contributed by atoms with Gasteiger partial charge in [0.15, 0.2) is 0 Å². The van der Waals surface area contributed by atoms with Crippen LogP contribution in [0.25, 0.3) is 33.4 Å². The highest BCUT2D eigenvalue weighted by Gasteiger charge is 2.51. The fraction of sp³-hybridized carbons (Fsp3) is 0.571. The standard InChI is InChI=1S/C49H65N9O7S.5H2S/c1-10-57-38-16-15-31-23-33(38)34(42(57)32-13-11-19-50-40(32)30(4)64-9)25-48(5,6)28-65-45(61)35-14-12-20-58(53-35)44(60)36(24-39-51-37(31)26-66-39)52-43(59)41(29(2)3)55(8)47(63)56-22-18-49(27-56)17-21-54(7)46(49)62;;;;;/h11,13,15-16,19,23,26,29-30,35-36,41,53H,10,12,14,17-18,20-22,24-25,27-28H2,1-9H3,(H,52,59);5*1H2/t30-,35-,36-,41-,49-;;;;;/m0...../s1. The second-order valence-corrected chi connectivity index (χ2v) is 20.7. The van der Waals surface area contributed by atoms with Crippen molar-refractivity contribution in [3.8, 4) is 22.5 Å². The fourth-order valence-electron chi connectivity index (χ4n) is 10.5. The Kier molecular flexibility index (Phi) is 21.8. The highest BCUT2D eigenvalue weighted by Crippen LogP contribution is 2.43. The number of nitrogens with one attached hydrogen (secondary N) is 2. The summed E-state index contributed by atoms with van der Waals surface area (Å²) in [5.41, 5.74) is 8.70. The Morgan fingerprint density at radius 3 is 2.42 bits per heavy atom. The molecule has 71 heavy (non-hydrogen) atoms. The summed E-state index contributed by atoms with van der Waals surface area (Å²) in [5.74, 6) is -1.61. The van der Waals surface area contributed by atoms with E-state index in [0.717, 1.165) is 44.7 Å². The van der Waals surface area contributed by atoms with Gasteiger partial charge in [0, 0.05) is 99.4 Å². The topological polar surface area (TPSA) is 172 Å². The van der Waals surface area contributed by atoms with Crippen LogP contribution in [0.15, 0.2) is 41.9 Å². The number of benzene rings is 1. The summed E-state index contributed by atoms with van der Waals surface area (Å²) in [6.45, 7) is 14.6. The smallest absolute Gasteiger partial charge is 0.324 e. The molecule has 7 heterocycles. The summed E-state index contributed by atoms with van der Waals surface area (Å²) >= 11 is 1.41. The van der Waals surface area contributed by atoms with Gasteiger partial charge in [0.05, 0.1) is 40.2 Å². The Hall–Kier alpha value is -3.64. The molecule has 0 radical (unpaired) electrons. The third-order valence-electron chi connectivity index (χ3n) is 14.1. The van der Waals surface area contributed by atoms with E-state index in [1.807, 2.05) is 32.2 Å². The second kappa shape index (κ2) is 25.1. The lowest BCUT2D eigenvalue weighted by atomic mass is 9.84. The number of carbonyl (C=O) groups excluding carboxylic acids is 5. The van der Waals surface area contributed by atoms with Crippen LogP contribution < -0.4 is 10.7 Å². The quantitative estimate of drug-likeness (QED) is 0.188. The van der Waals surface area contributed by atoms with Crippen LogP contribution in [-0.2, 0) is 48.0 Å². The minimum atomic E-state index is -1.08. The third kappa shape index (κ3) is 12.3. The highest BCUT2D eigenvalue weighted by atomic mass is 32.1. The van der Waals surface area contributed by atoms with Crippen LogP contribution in [0.1, 0.15) is 89.6 Å². The molecule has 1 spiro atoms. The molecule has 4 aromatic rings. The first kappa shape index (κ1) is 61.7. The lowest BCUT2D eigenvalue weighted by molar-refractivity contribution is -0.155. The summed E-state index contributed by atoms with van der Waals surface area (Å²) in [6.07, 6.45) is 4.48. The molecule has 0 unspecified atom stereocenters. The molecule has 3 aromatic heterocycles. The van der Waals surface area contributed by atoms with Crippen molar-refractivity contribution in [2.45, 2.75) is 111 Å². The Balaban J connectivity index is 0.00000266. The molecule has 8 rings (SSSR count). The molecule has 4 aliphatic heterocycles. The monoisotopic (exact) mass is 1090 g/mol. The van der Waals surface area contributed by atoms with Crippen molar-refractivity contribution in [1.29, 1.82) is 0 Å². The molecule has 394 valence electrons. The zero-order valence-corrected chi connectivity index (χ0v) is 48.1. The number of aryl methyl sites for hydroxylation is 1. The van der Waals surface area contributed by atoms with Crippen LogP contribution >= 0.6 is 78.8 Å². The van der Waals surface area contributed by atoms with Crippen molar-refractivity contribution >= 4 is 119 Å². The number of pyridine rings is 1. The number of ether oxygens (including phenoxy) is 2. The van der Waals surface area contributed by atoms with E-state index in [1.54, 1.807) is 37.2 Å². The van der Waals surface area contributed by atoms with Gasteiger partial charge in [-0.2, -0.15) is 67.5 Å². The molecule has 3 saturated heterocycles. The maximum absolute atomic E-state index is 14.7. The number of aromatic nitrogens is 3. The van der Waals surface area contributed by atoms with E-state index in [-0.39, 0.29) is 104 Å². The molecule has 3 fully saturated rings. The average molecular weight is 1090 g/mol. The molecule has 5 amide bonds. The van der Waals surface area contributed by atoms with Crippen LogP contribution in [-0.4, -0.2) is 136 Å². The Morgan fingerprint density at radius 2 is 1.76 bits per heavy atom. The number of esters is 1. The van der Waals surface area contributed by atoms with Gasteiger partial charge in [-0.3, -0.25) is 29.2 Å². The molecule has 6 bridgehead atoms. The first-order valence-electron chi connectivity index (χ1n) is 23.4. The number of methoxy groups -OCH3 is 1. The Bertz CT molecular complexity index is 2540. The number of carbonyl (C=O) groups is 5. The van der Waals surface area contributed by atoms with Crippen molar-refractivity contribution in [1.82, 2.24) is 45.0 Å². The SMILES string of the molecule is CCn1c(-c2cccnc2[C@H](C)OC)c2c3cc(ccc31)-c1csc(n1)C[C@H](NC(=O)[C@H](C(C)C)N(C)C(=O)N1CC[C@@]3(CCN(C)C3=O)C1)C(=O)N1CCC[C@H](N1)C(=O)OCC(C)(C)C2.S.S.S.S.S. The zero-order chi connectivity index (χ0) is 47.2. The maximum Gasteiger partial charge on any atom is 0.324 e. The molecule has 22 heteroatoms. The molecule has 1 aromatic carbocycles. The number of likely N-dealkylation sites (N-methyl/N-ethyl adjacent to an activating group) is 1. The minimum absolute atomic E-state index is 0. The fourth-order valence-corrected chi connectivity index (χ4v) is 11.3. The number of hydrazine groups is 1. The summed E-state index contributed by atoms with van der Waals surface area (Å²) in [6, 6.07) is 7.29. The summed E-state index contributed by atoms with van der Waals surface area (Å²) in [7, 11) is 5.09. The van der Waals surface area contributed by atoms with Gasteiger partial charge < -0.3 is 34.1 Å². The predicted octanol–water partition coefficient (Wildman–Crippen LogP) is 6.40. The Morgan fingerprint density at radius 1 is 1.04 bits per heavy atom. The number of fused-ring (bicyclic) bond motifs is 6. The average Bonchev–Trinajstić information content (AvgIpc) is 4.09. The van der Waals surface area contributed by atoms with Gasteiger partial charge in [-0.1, -0.05) is 33.8 Å². The van der Waals surface area contributed by atoms with Crippen LogP contribution in [0.2, 0.25) is 0 Å². The van der Waals surface area contributed by atoms with E-state index in [4.69, 9.17) is 19.4 Å². The van der Waals surface area contributed by atoms with Gasteiger partial charge in [0.25, 0.3) is 5.91 Å². The van der Waals surface area contributed by atoms with Crippen LogP contribution in [0.4, 0.5) is 4.79 Å². The molecule has 0 saturated carbocycles. The van der Waals surface area contributed by atoms with Gasteiger partial charge in [-0.05, 0) is 81.7 Å². The molecule has 0 aliphatic carbocycles. The lowest BCUT2D eigenvalue weighted by Gasteiger charge is -2.37. The number of urea groups is 1. The van der Waals surface area contributed by atoms with E-state index >= 15 is 0 Å². The number of nitrogens with zero attached hydrogens (tertiary/aromatic N) is 7. The highest BCUT2D eigenvalue weighted by molar-refractivity contribution is 7.60. The number of thiazole rings is 1. The molecular formula is C49H75N9O7S6. The van der Waals surface area contributed by atoms with Gasteiger partial charge in [0.1, 0.15) is 18.1 Å². The van der Waals surface area contributed by atoms with E-state index < -0.39 is 46.7 Å². The van der Waals surface area contributed by atoms with E-state index in [2.05, 4.69) is 60.3 Å². The van der Waals surface area contributed by atoms with Crippen molar-refractivity contribution < 1.29 is 33.4 Å². The van der Waals surface area contributed by atoms with Gasteiger partial charge >= 0.3 is 12.0 Å². The largest absolute Gasteiger partial charge is 0.464 e. The summed E-state index contributed by atoms with van der Waals surface area (Å²) in [5, 5.41) is 8.13. The molecule has 5 atom stereocenters. The maximum atomic E-state index is 14.7. The molecule has 16 nitrogen and oxygen atoms in total. The zero-order valence-electron chi connectivity index (χ0n) is 42.3. The van der Waals surface area contributed by atoms with E-state index in [0.29, 0.717) is 69.8 Å². The minimum Gasteiger partial charge on any atom is -0.464 e. The Labute approximate surface area is 457 Å². The number of amides is 5. The first-order valence-corrected chi connectivity index (χ1v) is 24.2.